The Morgan fingerprint density at radius 1 is 1.03 bits per heavy atom. The fraction of sp³-hybridized carbons (Fsp3) is 0.304. The van der Waals surface area contributed by atoms with Crippen molar-refractivity contribution < 1.29 is 19.4 Å². The molecular formula is C23H29N3O4. The molecule has 0 aliphatic heterocycles. The number of nitrogens with zero attached hydrogens (tertiary/aromatic N) is 3. The maximum atomic E-state index is 12.7. The van der Waals surface area contributed by atoms with Gasteiger partial charge in [0.2, 0.25) is 0 Å². The van der Waals surface area contributed by atoms with E-state index in [-0.39, 0.29) is 5.91 Å². The Morgan fingerprint density at radius 3 is 2.17 bits per heavy atom. The van der Waals surface area contributed by atoms with Crippen molar-refractivity contribution in [3.63, 3.8) is 0 Å². The Kier molecular flexibility index (Phi) is 8.43. The first-order valence-electron chi connectivity index (χ1n) is 9.74. The Hall–Kier alpha value is -3.32. The highest BCUT2D eigenvalue weighted by molar-refractivity contribution is 5.92. The monoisotopic (exact) mass is 411 g/mol. The standard InChI is InChI=1S/C22H25N3O3.CH4O/c1-5-24(3)22(26)20-15-25(17-9-13-19(14-10-17)28-6-2)21(23-20)16-7-11-18(27-4)12-8-16;1-2/h7-15H,5-6H2,1-4H3;2H,1H3. The molecule has 3 rings (SSSR count). The second-order valence-electron chi connectivity index (χ2n) is 6.29. The molecule has 1 heterocycles. The third-order valence-electron chi connectivity index (χ3n) is 4.52. The van der Waals surface area contributed by atoms with E-state index in [4.69, 9.17) is 14.6 Å². The van der Waals surface area contributed by atoms with Crippen LogP contribution < -0.4 is 9.47 Å². The maximum absolute atomic E-state index is 12.7. The summed E-state index contributed by atoms with van der Waals surface area (Å²) >= 11 is 0. The quantitative estimate of drug-likeness (QED) is 0.642. The minimum atomic E-state index is -0.109. The maximum Gasteiger partial charge on any atom is 0.273 e. The SMILES string of the molecule is CCOc1ccc(-n2cc(C(=O)N(C)CC)nc2-c2ccc(OC)cc2)cc1.CO. The summed E-state index contributed by atoms with van der Waals surface area (Å²) in [6.45, 7) is 5.12. The second kappa shape index (κ2) is 11.0. The number of carbonyl (C=O) groups excluding carboxylic acids is 1. The molecule has 3 aromatic rings. The Bertz CT molecular complexity index is 934. The molecule has 30 heavy (non-hydrogen) atoms. The van der Waals surface area contributed by atoms with Gasteiger partial charge in [0.1, 0.15) is 23.0 Å². The molecule has 2 aromatic carbocycles. The number of ether oxygens (including phenoxy) is 2. The van der Waals surface area contributed by atoms with Crippen LogP contribution in [0.25, 0.3) is 17.1 Å². The lowest BCUT2D eigenvalue weighted by molar-refractivity contribution is 0.0797. The zero-order valence-corrected chi connectivity index (χ0v) is 18.1. The van der Waals surface area contributed by atoms with Crippen LogP contribution in [0.2, 0.25) is 0 Å². The largest absolute Gasteiger partial charge is 0.497 e. The van der Waals surface area contributed by atoms with Crippen molar-refractivity contribution in [1.82, 2.24) is 14.5 Å². The molecule has 0 atom stereocenters. The zero-order valence-electron chi connectivity index (χ0n) is 18.1. The van der Waals surface area contributed by atoms with Crippen LogP contribution in [-0.2, 0) is 0 Å². The van der Waals surface area contributed by atoms with Crippen molar-refractivity contribution >= 4 is 5.91 Å². The molecular weight excluding hydrogens is 382 g/mol. The van der Waals surface area contributed by atoms with E-state index in [1.165, 1.54) is 0 Å². The van der Waals surface area contributed by atoms with Gasteiger partial charge < -0.3 is 19.5 Å². The van der Waals surface area contributed by atoms with E-state index in [9.17, 15) is 4.79 Å². The average Bonchev–Trinajstić information content (AvgIpc) is 3.25. The van der Waals surface area contributed by atoms with Gasteiger partial charge in [-0.15, -0.1) is 0 Å². The first-order valence-corrected chi connectivity index (χ1v) is 9.74. The molecule has 0 aliphatic carbocycles. The van der Waals surface area contributed by atoms with Gasteiger partial charge in [-0.25, -0.2) is 4.98 Å². The van der Waals surface area contributed by atoms with Crippen LogP contribution in [0.1, 0.15) is 24.3 Å². The number of rotatable bonds is 7. The average molecular weight is 412 g/mol. The van der Waals surface area contributed by atoms with Gasteiger partial charge in [-0.1, -0.05) is 0 Å². The van der Waals surface area contributed by atoms with Crippen LogP contribution in [0.5, 0.6) is 11.5 Å². The molecule has 1 N–H and O–H groups in total. The predicted octanol–water partition coefficient (Wildman–Crippen LogP) is 3.65. The summed E-state index contributed by atoms with van der Waals surface area (Å²) in [7, 11) is 4.40. The van der Waals surface area contributed by atoms with Crippen molar-refractivity contribution in [2.75, 3.05) is 34.4 Å². The van der Waals surface area contributed by atoms with Gasteiger partial charge in [0.05, 0.1) is 13.7 Å². The van der Waals surface area contributed by atoms with E-state index in [0.717, 1.165) is 29.9 Å². The molecule has 7 heteroatoms. The van der Waals surface area contributed by atoms with Gasteiger partial charge in [-0.2, -0.15) is 0 Å². The van der Waals surface area contributed by atoms with Crippen LogP contribution in [0.15, 0.2) is 54.7 Å². The van der Waals surface area contributed by atoms with Crippen molar-refractivity contribution in [2.45, 2.75) is 13.8 Å². The summed E-state index contributed by atoms with van der Waals surface area (Å²) in [6, 6.07) is 15.4. The molecule has 0 saturated carbocycles. The van der Waals surface area contributed by atoms with Crippen molar-refractivity contribution in [3.05, 3.63) is 60.4 Å². The summed E-state index contributed by atoms with van der Waals surface area (Å²) in [4.78, 5) is 18.9. The van der Waals surface area contributed by atoms with Crippen LogP contribution in [0, 0.1) is 0 Å². The zero-order chi connectivity index (χ0) is 22.1. The van der Waals surface area contributed by atoms with E-state index in [1.807, 2.05) is 66.9 Å². The Labute approximate surface area is 177 Å². The highest BCUT2D eigenvalue weighted by atomic mass is 16.5. The molecule has 7 nitrogen and oxygen atoms in total. The van der Waals surface area contributed by atoms with Gasteiger partial charge in [0.15, 0.2) is 0 Å². The molecule has 0 saturated heterocycles. The summed E-state index contributed by atoms with van der Waals surface area (Å²) in [5, 5.41) is 7.00. The number of amides is 1. The first-order chi connectivity index (χ1) is 14.6. The van der Waals surface area contributed by atoms with Gasteiger partial charge >= 0.3 is 0 Å². The molecule has 0 bridgehead atoms. The first kappa shape index (κ1) is 23.0. The van der Waals surface area contributed by atoms with Crippen LogP contribution >= 0.6 is 0 Å². The topological polar surface area (TPSA) is 76.8 Å². The van der Waals surface area contributed by atoms with Crippen LogP contribution in [-0.4, -0.2) is 59.9 Å². The summed E-state index contributed by atoms with van der Waals surface area (Å²) < 4.78 is 12.7. The molecule has 0 fully saturated rings. The fourth-order valence-corrected chi connectivity index (χ4v) is 2.83. The number of methoxy groups -OCH3 is 1. The van der Waals surface area contributed by atoms with Gasteiger partial charge in [0, 0.05) is 38.1 Å². The smallest absolute Gasteiger partial charge is 0.273 e. The minimum absolute atomic E-state index is 0.109. The van der Waals surface area contributed by atoms with Crippen LogP contribution in [0.4, 0.5) is 0 Å². The minimum Gasteiger partial charge on any atom is -0.497 e. The van der Waals surface area contributed by atoms with Crippen molar-refractivity contribution in [2.24, 2.45) is 0 Å². The molecule has 1 aromatic heterocycles. The summed E-state index contributed by atoms with van der Waals surface area (Å²) in [5.74, 6) is 2.16. The van der Waals surface area contributed by atoms with Crippen molar-refractivity contribution in [1.29, 1.82) is 0 Å². The second-order valence-corrected chi connectivity index (χ2v) is 6.29. The van der Waals surface area contributed by atoms with E-state index in [1.54, 1.807) is 25.3 Å². The molecule has 160 valence electrons. The number of hydrogen-bond acceptors (Lipinski definition) is 5. The van der Waals surface area contributed by atoms with Gasteiger partial charge in [-0.3, -0.25) is 9.36 Å². The number of imidazole rings is 1. The van der Waals surface area contributed by atoms with Gasteiger partial charge in [0.25, 0.3) is 5.91 Å². The number of aliphatic hydroxyl groups excluding tert-OH is 1. The summed E-state index contributed by atoms with van der Waals surface area (Å²) in [6.07, 6.45) is 1.78. The van der Waals surface area contributed by atoms with E-state index in [2.05, 4.69) is 4.98 Å². The van der Waals surface area contributed by atoms with Crippen molar-refractivity contribution in [3.8, 4) is 28.6 Å². The molecule has 1 amide bonds. The lowest BCUT2D eigenvalue weighted by Crippen LogP contribution is -2.26. The Morgan fingerprint density at radius 2 is 1.63 bits per heavy atom. The lowest BCUT2D eigenvalue weighted by Gasteiger charge is -2.11. The Balaban J connectivity index is 0.00000155. The highest BCUT2D eigenvalue weighted by Crippen LogP contribution is 2.26. The number of hydrogen-bond donors (Lipinski definition) is 1. The number of carbonyl (C=O) groups is 1. The van der Waals surface area contributed by atoms with Gasteiger partial charge in [-0.05, 0) is 62.4 Å². The molecule has 0 aliphatic rings. The third kappa shape index (κ3) is 5.18. The fourth-order valence-electron chi connectivity index (χ4n) is 2.83. The van der Waals surface area contributed by atoms with E-state index >= 15 is 0 Å². The van der Waals surface area contributed by atoms with Crippen LogP contribution in [0.3, 0.4) is 0 Å². The molecule has 0 radical (unpaired) electrons. The number of aromatic nitrogens is 2. The normalized spacial score (nSPS) is 10.1. The predicted molar refractivity (Wildman–Crippen MR) is 117 cm³/mol. The molecule has 0 unspecified atom stereocenters. The number of benzene rings is 2. The number of aliphatic hydroxyl groups is 1. The van der Waals surface area contributed by atoms with E-state index in [0.29, 0.717) is 24.7 Å². The lowest BCUT2D eigenvalue weighted by atomic mass is 10.2. The third-order valence-corrected chi connectivity index (χ3v) is 4.52. The highest BCUT2D eigenvalue weighted by Gasteiger charge is 2.19. The van der Waals surface area contributed by atoms with E-state index < -0.39 is 0 Å². The summed E-state index contributed by atoms with van der Waals surface area (Å²) in [5.41, 5.74) is 2.21. The molecule has 0 spiro atoms.